The van der Waals surface area contributed by atoms with E-state index in [1.165, 1.54) is 4.57 Å². The molecule has 2 N–H and O–H groups in total. The summed E-state index contributed by atoms with van der Waals surface area (Å²) < 4.78 is 8.72. The molecule has 29 heavy (non-hydrogen) atoms. The number of ether oxygens (including phenoxy) is 1. The number of fused-ring (bicyclic) bond motifs is 1. The minimum Gasteiger partial charge on any atom is -0.501 e. The largest absolute Gasteiger partial charge is 0.501 e. The fourth-order valence-electron chi connectivity index (χ4n) is 3.32. The van der Waals surface area contributed by atoms with E-state index in [0.717, 1.165) is 11.3 Å². The first-order valence-corrected chi connectivity index (χ1v) is 9.22. The Morgan fingerprint density at radius 3 is 2.93 bits per heavy atom. The van der Waals surface area contributed by atoms with E-state index in [1.807, 2.05) is 36.5 Å². The molecule has 9 nitrogen and oxygen atoms in total. The first-order chi connectivity index (χ1) is 13.9. The Morgan fingerprint density at radius 1 is 1.34 bits per heavy atom. The summed E-state index contributed by atoms with van der Waals surface area (Å²) in [6, 6.07) is 9.33. The van der Waals surface area contributed by atoms with E-state index in [0.29, 0.717) is 12.4 Å². The van der Waals surface area contributed by atoms with Crippen LogP contribution in [0.25, 0.3) is 5.69 Å². The third-order valence-corrected chi connectivity index (χ3v) is 4.81. The van der Waals surface area contributed by atoms with Crippen molar-refractivity contribution in [1.29, 1.82) is 0 Å². The summed E-state index contributed by atoms with van der Waals surface area (Å²) >= 11 is 0. The van der Waals surface area contributed by atoms with Crippen LogP contribution in [-0.4, -0.2) is 37.0 Å². The van der Waals surface area contributed by atoms with E-state index in [9.17, 15) is 14.7 Å². The Kier molecular flexibility index (Phi) is 4.67. The Balaban J connectivity index is 1.58. The highest BCUT2D eigenvalue weighted by atomic mass is 16.5. The van der Waals surface area contributed by atoms with Crippen LogP contribution in [0.15, 0.2) is 47.5 Å². The molecule has 150 valence electrons. The summed E-state index contributed by atoms with van der Waals surface area (Å²) in [4.78, 5) is 29.4. The van der Waals surface area contributed by atoms with Crippen LogP contribution in [0.5, 0.6) is 5.75 Å². The van der Waals surface area contributed by atoms with Crippen LogP contribution in [-0.2, 0) is 23.4 Å². The van der Waals surface area contributed by atoms with Gasteiger partial charge in [-0.15, -0.1) is 0 Å². The first-order valence-electron chi connectivity index (χ1n) is 9.22. The molecule has 0 radical (unpaired) electrons. The lowest BCUT2D eigenvalue weighted by Gasteiger charge is -2.32. The quantitative estimate of drug-likeness (QED) is 0.689. The summed E-state index contributed by atoms with van der Waals surface area (Å²) in [5.41, 5.74) is -0.0869. The van der Waals surface area contributed by atoms with Crippen molar-refractivity contribution in [2.75, 3.05) is 6.61 Å². The van der Waals surface area contributed by atoms with Gasteiger partial charge < -0.3 is 15.2 Å². The molecule has 0 aliphatic carbocycles. The highest BCUT2D eigenvalue weighted by Crippen LogP contribution is 2.27. The lowest BCUT2D eigenvalue weighted by Crippen LogP contribution is -2.42. The normalized spacial score (nSPS) is 15.0. The van der Waals surface area contributed by atoms with Gasteiger partial charge >= 0.3 is 0 Å². The second-order valence-electron chi connectivity index (χ2n) is 7.25. The zero-order valence-corrected chi connectivity index (χ0v) is 16.1. The second kappa shape index (κ2) is 7.17. The Morgan fingerprint density at radius 2 is 2.17 bits per heavy atom. The molecule has 9 heteroatoms. The van der Waals surface area contributed by atoms with Gasteiger partial charge in [0.1, 0.15) is 11.4 Å². The molecule has 1 aliphatic heterocycles. The number of carbonyl (C=O) groups excluding carboxylic acids is 1. The molecule has 1 aliphatic rings. The first kappa shape index (κ1) is 18.9. The Bertz CT molecular complexity index is 1120. The fraction of sp³-hybridized carbons (Fsp3) is 0.300. The van der Waals surface area contributed by atoms with Gasteiger partial charge in [-0.05, 0) is 37.6 Å². The number of rotatable bonds is 4. The predicted octanol–water partition coefficient (Wildman–Crippen LogP) is 1.33. The predicted molar refractivity (Wildman–Crippen MR) is 104 cm³/mol. The molecule has 0 spiro atoms. The molecule has 1 amide bonds. The van der Waals surface area contributed by atoms with Crippen molar-refractivity contribution >= 4 is 5.91 Å². The van der Waals surface area contributed by atoms with Crippen LogP contribution < -0.4 is 10.9 Å². The molecule has 0 atom stereocenters. The molecular formula is C20H21N5O4. The molecule has 3 aromatic rings. The van der Waals surface area contributed by atoms with Crippen molar-refractivity contribution in [3.05, 3.63) is 70.2 Å². The van der Waals surface area contributed by atoms with E-state index < -0.39 is 22.8 Å². The number of carbonyl (C=O) groups is 1. The lowest BCUT2D eigenvalue weighted by atomic mass is 10.1. The maximum atomic E-state index is 12.7. The summed E-state index contributed by atoms with van der Waals surface area (Å²) in [6.45, 7) is 4.35. The summed E-state index contributed by atoms with van der Waals surface area (Å²) in [5, 5.41) is 17.1. The molecule has 2 aromatic heterocycles. The maximum absolute atomic E-state index is 12.7. The van der Waals surface area contributed by atoms with E-state index >= 15 is 0 Å². The molecule has 0 saturated carbocycles. The van der Waals surface area contributed by atoms with E-state index in [4.69, 9.17) is 4.74 Å². The van der Waals surface area contributed by atoms with Crippen LogP contribution in [0.1, 0.15) is 35.7 Å². The van der Waals surface area contributed by atoms with Crippen LogP contribution in [0.4, 0.5) is 0 Å². The minimum absolute atomic E-state index is 0.202. The zero-order chi connectivity index (χ0) is 20.6. The van der Waals surface area contributed by atoms with Gasteiger partial charge in [-0.1, -0.05) is 12.1 Å². The Labute approximate surface area is 166 Å². The van der Waals surface area contributed by atoms with E-state index in [1.54, 1.807) is 24.7 Å². The van der Waals surface area contributed by atoms with E-state index in [2.05, 4.69) is 15.4 Å². The van der Waals surface area contributed by atoms with Crippen molar-refractivity contribution in [2.24, 2.45) is 0 Å². The van der Waals surface area contributed by atoms with Gasteiger partial charge in [-0.3, -0.25) is 14.2 Å². The molecule has 0 bridgehead atoms. The SMILES string of the molecule is CC1(C)OCCn2c1nc(C(=O)NCc1cccc(-n3cccn3)c1)c(O)c2=O. The average molecular weight is 395 g/mol. The standard InChI is InChI=1S/C20H21N5O4/c1-20(2)19-23-15(16(26)18(28)24(19)9-10-29-20)17(27)21-12-13-5-3-6-14(11-13)25-8-4-7-22-25/h3-8,11,26H,9-10,12H2,1-2H3,(H,21,27). The summed E-state index contributed by atoms with van der Waals surface area (Å²) in [7, 11) is 0. The van der Waals surface area contributed by atoms with Gasteiger partial charge in [-0.2, -0.15) is 5.10 Å². The summed E-state index contributed by atoms with van der Waals surface area (Å²) in [6.07, 6.45) is 3.51. The van der Waals surface area contributed by atoms with Gasteiger partial charge in [0, 0.05) is 18.9 Å². The number of aromatic hydroxyl groups is 1. The van der Waals surface area contributed by atoms with Crippen molar-refractivity contribution in [3.63, 3.8) is 0 Å². The molecule has 4 rings (SSSR count). The molecular weight excluding hydrogens is 374 g/mol. The molecule has 0 saturated heterocycles. The molecule has 0 fully saturated rings. The minimum atomic E-state index is -0.835. The zero-order valence-electron chi connectivity index (χ0n) is 16.1. The van der Waals surface area contributed by atoms with Crippen LogP contribution in [0.3, 0.4) is 0 Å². The fourth-order valence-corrected chi connectivity index (χ4v) is 3.32. The van der Waals surface area contributed by atoms with Crippen molar-refractivity contribution in [3.8, 4) is 11.4 Å². The number of aromatic nitrogens is 4. The third kappa shape index (κ3) is 3.52. The number of benzene rings is 1. The number of hydrogen-bond donors (Lipinski definition) is 2. The van der Waals surface area contributed by atoms with Crippen LogP contribution >= 0.6 is 0 Å². The number of amides is 1. The van der Waals surface area contributed by atoms with Crippen molar-refractivity contribution in [1.82, 2.24) is 24.6 Å². The lowest BCUT2D eigenvalue weighted by molar-refractivity contribution is -0.0566. The topological polar surface area (TPSA) is 111 Å². The van der Waals surface area contributed by atoms with Crippen LogP contribution in [0.2, 0.25) is 0 Å². The number of nitrogens with one attached hydrogen (secondary N) is 1. The van der Waals surface area contributed by atoms with Crippen molar-refractivity contribution < 1.29 is 14.6 Å². The third-order valence-electron chi connectivity index (χ3n) is 4.81. The average Bonchev–Trinajstić information content (AvgIpc) is 3.24. The highest BCUT2D eigenvalue weighted by Gasteiger charge is 2.34. The van der Waals surface area contributed by atoms with Gasteiger partial charge in [0.15, 0.2) is 5.69 Å². The van der Waals surface area contributed by atoms with Gasteiger partial charge in [-0.25, -0.2) is 9.67 Å². The second-order valence-corrected chi connectivity index (χ2v) is 7.25. The van der Waals surface area contributed by atoms with Gasteiger partial charge in [0.25, 0.3) is 11.5 Å². The smallest absolute Gasteiger partial charge is 0.296 e. The molecule has 3 heterocycles. The van der Waals surface area contributed by atoms with Crippen molar-refractivity contribution in [2.45, 2.75) is 32.5 Å². The van der Waals surface area contributed by atoms with Gasteiger partial charge in [0.05, 0.1) is 18.8 Å². The molecule has 0 unspecified atom stereocenters. The van der Waals surface area contributed by atoms with Crippen LogP contribution in [0, 0.1) is 0 Å². The molecule has 1 aromatic carbocycles. The highest BCUT2D eigenvalue weighted by molar-refractivity contribution is 5.94. The summed E-state index contributed by atoms with van der Waals surface area (Å²) in [5.74, 6) is -0.972. The number of hydrogen-bond acceptors (Lipinski definition) is 6. The van der Waals surface area contributed by atoms with Gasteiger partial charge in [0.2, 0.25) is 5.75 Å². The monoisotopic (exact) mass is 395 g/mol. The number of nitrogens with zero attached hydrogens (tertiary/aromatic N) is 4. The van der Waals surface area contributed by atoms with E-state index in [-0.39, 0.29) is 18.8 Å². The Hall–Kier alpha value is -3.46. The maximum Gasteiger partial charge on any atom is 0.296 e.